The lowest BCUT2D eigenvalue weighted by Crippen LogP contribution is -2.19. The topological polar surface area (TPSA) is 57.8 Å². The van der Waals surface area contributed by atoms with E-state index < -0.39 is 0 Å². The van der Waals surface area contributed by atoms with Crippen LogP contribution in [-0.2, 0) is 6.54 Å². The molecule has 1 aliphatic carbocycles. The number of nitrogens with one attached hydrogen (secondary N) is 2. The van der Waals surface area contributed by atoms with Crippen LogP contribution in [0.4, 0.5) is 0 Å². The van der Waals surface area contributed by atoms with E-state index in [-0.39, 0.29) is 5.56 Å². The Hall–Kier alpha value is -1.59. The van der Waals surface area contributed by atoms with Gasteiger partial charge in [-0.05, 0) is 31.2 Å². The van der Waals surface area contributed by atoms with Crippen molar-refractivity contribution in [1.82, 2.24) is 15.3 Å². The van der Waals surface area contributed by atoms with E-state index in [4.69, 9.17) is 0 Å². The van der Waals surface area contributed by atoms with E-state index >= 15 is 0 Å². The van der Waals surface area contributed by atoms with Crippen LogP contribution in [0.1, 0.15) is 18.5 Å². The first-order chi connectivity index (χ1) is 9.74. The molecule has 0 radical (unpaired) electrons. The summed E-state index contributed by atoms with van der Waals surface area (Å²) in [5.41, 5.74) is 1.63. The lowest BCUT2D eigenvalue weighted by atomic mass is 10.2. The number of hydrogen-bond acceptors (Lipinski definition) is 4. The molecule has 1 saturated carbocycles. The molecule has 1 aromatic heterocycles. The summed E-state index contributed by atoms with van der Waals surface area (Å²) < 4.78 is 0. The third-order valence-electron chi connectivity index (χ3n) is 3.31. The van der Waals surface area contributed by atoms with Gasteiger partial charge in [-0.15, -0.1) is 11.8 Å². The van der Waals surface area contributed by atoms with Gasteiger partial charge in [0.2, 0.25) is 0 Å². The monoisotopic (exact) mass is 287 g/mol. The number of hydrogen-bond donors (Lipinski definition) is 2. The predicted molar refractivity (Wildman–Crippen MR) is 81.9 cm³/mol. The Bertz CT molecular complexity index is 647. The standard InChI is InChI=1S/C15H17N3OS/c1-20-13-6-2-10(3-7-13)15-17-12(8-14(19)18-15)9-16-11-4-5-11/h2-3,6-8,11,16H,4-5,9H2,1H3,(H,17,18,19). The lowest BCUT2D eigenvalue weighted by Gasteiger charge is -2.06. The minimum Gasteiger partial charge on any atom is -0.308 e. The van der Waals surface area contributed by atoms with Crippen LogP contribution >= 0.6 is 11.8 Å². The maximum Gasteiger partial charge on any atom is 0.251 e. The molecule has 0 bridgehead atoms. The highest BCUT2D eigenvalue weighted by Gasteiger charge is 2.20. The molecule has 0 unspecified atom stereocenters. The fourth-order valence-corrected chi connectivity index (χ4v) is 2.43. The molecule has 0 saturated heterocycles. The largest absolute Gasteiger partial charge is 0.308 e. The Morgan fingerprint density at radius 1 is 1.35 bits per heavy atom. The third-order valence-corrected chi connectivity index (χ3v) is 4.05. The Kier molecular flexibility index (Phi) is 3.89. The van der Waals surface area contributed by atoms with Crippen LogP contribution in [0.25, 0.3) is 11.4 Å². The number of rotatable bonds is 5. The quantitative estimate of drug-likeness (QED) is 0.829. The lowest BCUT2D eigenvalue weighted by molar-refractivity contribution is 0.672. The van der Waals surface area contributed by atoms with Crippen molar-refractivity contribution in [1.29, 1.82) is 0 Å². The van der Waals surface area contributed by atoms with Gasteiger partial charge in [0, 0.05) is 29.1 Å². The molecule has 3 rings (SSSR count). The van der Waals surface area contributed by atoms with E-state index in [1.165, 1.54) is 17.7 Å². The molecule has 0 amide bonds. The van der Waals surface area contributed by atoms with E-state index in [9.17, 15) is 4.79 Å². The summed E-state index contributed by atoms with van der Waals surface area (Å²) in [5.74, 6) is 0.637. The van der Waals surface area contributed by atoms with Gasteiger partial charge >= 0.3 is 0 Å². The van der Waals surface area contributed by atoms with E-state index in [1.54, 1.807) is 17.8 Å². The van der Waals surface area contributed by atoms with Crippen molar-refractivity contribution >= 4 is 11.8 Å². The van der Waals surface area contributed by atoms with Crippen LogP contribution in [0.15, 0.2) is 40.0 Å². The van der Waals surface area contributed by atoms with Crippen LogP contribution in [0.3, 0.4) is 0 Å². The Morgan fingerprint density at radius 3 is 2.75 bits per heavy atom. The SMILES string of the molecule is CSc1ccc(-c2nc(CNC3CC3)cc(=O)[nH]2)cc1. The first-order valence-corrected chi connectivity index (χ1v) is 7.95. The van der Waals surface area contributed by atoms with Crippen LogP contribution in [0, 0.1) is 0 Å². The highest BCUT2D eigenvalue weighted by molar-refractivity contribution is 7.98. The maximum absolute atomic E-state index is 11.7. The van der Waals surface area contributed by atoms with Crippen LogP contribution in [-0.4, -0.2) is 22.3 Å². The van der Waals surface area contributed by atoms with Crippen molar-refractivity contribution < 1.29 is 0 Å². The Morgan fingerprint density at radius 2 is 2.10 bits per heavy atom. The Labute approximate surface area is 122 Å². The molecule has 0 atom stereocenters. The maximum atomic E-state index is 11.7. The summed E-state index contributed by atoms with van der Waals surface area (Å²) in [7, 11) is 0. The molecule has 20 heavy (non-hydrogen) atoms. The van der Waals surface area contributed by atoms with Crippen molar-refractivity contribution in [2.45, 2.75) is 30.3 Å². The van der Waals surface area contributed by atoms with Gasteiger partial charge in [0.05, 0.1) is 5.69 Å². The number of H-pyrrole nitrogens is 1. The highest BCUT2D eigenvalue weighted by atomic mass is 32.2. The molecule has 0 aliphatic heterocycles. The van der Waals surface area contributed by atoms with Gasteiger partial charge in [0.15, 0.2) is 0 Å². The number of aromatic nitrogens is 2. The van der Waals surface area contributed by atoms with Crippen LogP contribution < -0.4 is 10.9 Å². The molecular weight excluding hydrogens is 270 g/mol. The summed E-state index contributed by atoms with van der Waals surface area (Å²) in [6.07, 6.45) is 4.50. The molecular formula is C15H17N3OS. The fourth-order valence-electron chi connectivity index (χ4n) is 2.02. The van der Waals surface area contributed by atoms with Gasteiger partial charge in [-0.25, -0.2) is 4.98 Å². The minimum atomic E-state index is -0.100. The molecule has 0 spiro atoms. The van der Waals surface area contributed by atoms with Crippen LogP contribution in [0.5, 0.6) is 0 Å². The van der Waals surface area contributed by atoms with Gasteiger partial charge in [0.25, 0.3) is 5.56 Å². The number of benzene rings is 1. The van der Waals surface area contributed by atoms with Gasteiger partial charge in [0.1, 0.15) is 5.82 Å². The van der Waals surface area contributed by atoms with E-state index in [2.05, 4.69) is 15.3 Å². The summed E-state index contributed by atoms with van der Waals surface area (Å²) in [4.78, 5) is 20.3. The minimum absolute atomic E-state index is 0.100. The van der Waals surface area contributed by atoms with Crippen LogP contribution in [0.2, 0.25) is 0 Å². The molecule has 1 aliphatic rings. The molecule has 1 aromatic carbocycles. The summed E-state index contributed by atoms with van der Waals surface area (Å²) in [6, 6.07) is 10.2. The van der Waals surface area contributed by atoms with Crippen molar-refractivity contribution in [2.75, 3.05) is 6.26 Å². The summed E-state index contributed by atoms with van der Waals surface area (Å²) in [5, 5.41) is 3.38. The summed E-state index contributed by atoms with van der Waals surface area (Å²) >= 11 is 1.69. The van der Waals surface area contributed by atoms with Crippen molar-refractivity contribution in [3.8, 4) is 11.4 Å². The summed E-state index contributed by atoms with van der Waals surface area (Å²) in [6.45, 7) is 0.657. The first-order valence-electron chi connectivity index (χ1n) is 6.72. The fraction of sp³-hybridized carbons (Fsp3) is 0.333. The van der Waals surface area contributed by atoms with Gasteiger partial charge in [-0.3, -0.25) is 4.79 Å². The second-order valence-corrected chi connectivity index (χ2v) is 5.85. The number of nitrogens with zero attached hydrogens (tertiary/aromatic N) is 1. The van der Waals surface area contributed by atoms with E-state index in [1.807, 2.05) is 30.5 Å². The van der Waals surface area contributed by atoms with Gasteiger partial charge in [-0.1, -0.05) is 12.1 Å². The van der Waals surface area contributed by atoms with E-state index in [0.29, 0.717) is 18.4 Å². The molecule has 2 aromatic rings. The molecule has 5 heteroatoms. The molecule has 1 heterocycles. The zero-order valence-electron chi connectivity index (χ0n) is 11.3. The van der Waals surface area contributed by atoms with Crippen molar-refractivity contribution in [2.24, 2.45) is 0 Å². The molecule has 1 fully saturated rings. The van der Waals surface area contributed by atoms with Gasteiger partial charge in [-0.2, -0.15) is 0 Å². The predicted octanol–water partition coefficient (Wildman–Crippen LogP) is 2.41. The van der Waals surface area contributed by atoms with Crippen molar-refractivity contribution in [3.63, 3.8) is 0 Å². The zero-order valence-corrected chi connectivity index (χ0v) is 12.2. The second kappa shape index (κ2) is 5.81. The number of thioether (sulfide) groups is 1. The highest BCUT2D eigenvalue weighted by Crippen LogP contribution is 2.21. The molecule has 104 valence electrons. The third kappa shape index (κ3) is 3.29. The average molecular weight is 287 g/mol. The van der Waals surface area contributed by atoms with Crippen molar-refractivity contribution in [3.05, 3.63) is 46.4 Å². The Balaban J connectivity index is 1.84. The smallest absolute Gasteiger partial charge is 0.251 e. The second-order valence-electron chi connectivity index (χ2n) is 4.97. The molecule has 2 N–H and O–H groups in total. The first kappa shape index (κ1) is 13.4. The average Bonchev–Trinajstić information content (AvgIpc) is 3.29. The van der Waals surface area contributed by atoms with E-state index in [0.717, 1.165) is 11.3 Å². The molecule has 4 nitrogen and oxygen atoms in total. The normalized spacial score (nSPS) is 14.4. The van der Waals surface area contributed by atoms with Gasteiger partial charge < -0.3 is 10.3 Å². The zero-order chi connectivity index (χ0) is 13.9. The number of aromatic amines is 1.